The van der Waals surface area contributed by atoms with Gasteiger partial charge in [0.15, 0.2) is 11.6 Å². The van der Waals surface area contributed by atoms with Crippen molar-refractivity contribution in [2.75, 3.05) is 0 Å². The Morgan fingerprint density at radius 2 is 1.68 bits per heavy atom. The van der Waals surface area contributed by atoms with E-state index in [1.54, 1.807) is 12.1 Å². The Bertz CT molecular complexity index is 608. The lowest BCUT2D eigenvalue weighted by molar-refractivity contribution is 0.432. The van der Waals surface area contributed by atoms with Crippen LogP contribution in [0, 0.1) is 26.6 Å². The number of alkyl halides is 1. The Labute approximate surface area is 118 Å². The van der Waals surface area contributed by atoms with Crippen LogP contribution < -0.4 is 4.74 Å². The molecule has 2 rings (SSSR count). The van der Waals surface area contributed by atoms with Gasteiger partial charge in [0.25, 0.3) is 0 Å². The summed E-state index contributed by atoms with van der Waals surface area (Å²) >= 11 is 5.83. The molecule has 0 amide bonds. The van der Waals surface area contributed by atoms with E-state index in [4.69, 9.17) is 16.3 Å². The molecule has 0 unspecified atom stereocenters. The predicted molar refractivity (Wildman–Crippen MR) is 76.7 cm³/mol. The molecule has 0 saturated carbocycles. The summed E-state index contributed by atoms with van der Waals surface area (Å²) in [5, 5.41) is 0. The first-order chi connectivity index (χ1) is 9.04. The molecule has 100 valence electrons. The van der Waals surface area contributed by atoms with E-state index in [0.717, 1.165) is 16.7 Å². The zero-order chi connectivity index (χ0) is 14.0. The van der Waals surface area contributed by atoms with Gasteiger partial charge in [-0.2, -0.15) is 0 Å². The van der Waals surface area contributed by atoms with Crippen molar-refractivity contribution in [3.05, 3.63) is 58.4 Å². The molecule has 0 radical (unpaired) electrons. The molecule has 0 heterocycles. The van der Waals surface area contributed by atoms with Crippen molar-refractivity contribution in [2.24, 2.45) is 0 Å². The van der Waals surface area contributed by atoms with Gasteiger partial charge >= 0.3 is 0 Å². The Morgan fingerprint density at radius 1 is 1.00 bits per heavy atom. The first kappa shape index (κ1) is 13.9. The van der Waals surface area contributed by atoms with E-state index in [-0.39, 0.29) is 11.6 Å². The fraction of sp³-hybridized carbons (Fsp3) is 0.250. The fourth-order valence-electron chi connectivity index (χ4n) is 1.96. The quantitative estimate of drug-likeness (QED) is 0.694. The second-order valence-electron chi connectivity index (χ2n) is 4.62. The normalized spacial score (nSPS) is 10.6. The molecule has 0 aliphatic heterocycles. The largest absolute Gasteiger partial charge is 0.453 e. The van der Waals surface area contributed by atoms with Gasteiger partial charge in [-0.1, -0.05) is 24.3 Å². The number of hydrogen-bond acceptors (Lipinski definition) is 1. The van der Waals surface area contributed by atoms with Crippen LogP contribution in [-0.4, -0.2) is 0 Å². The molecule has 19 heavy (non-hydrogen) atoms. The predicted octanol–water partition coefficient (Wildman–Crippen LogP) is 5.28. The van der Waals surface area contributed by atoms with Gasteiger partial charge in [0.2, 0.25) is 0 Å². The number of benzene rings is 2. The Morgan fingerprint density at radius 3 is 2.37 bits per heavy atom. The summed E-state index contributed by atoms with van der Waals surface area (Å²) in [6, 6.07) is 8.79. The number of hydrogen-bond donors (Lipinski definition) is 0. The third-order valence-electron chi connectivity index (χ3n) is 3.27. The number of rotatable bonds is 3. The number of halogens is 2. The molecule has 0 saturated heterocycles. The Hall–Kier alpha value is -1.54. The van der Waals surface area contributed by atoms with E-state index in [2.05, 4.69) is 0 Å². The summed E-state index contributed by atoms with van der Waals surface area (Å²) in [5.74, 6) is 0.751. The van der Waals surface area contributed by atoms with Crippen LogP contribution in [0.2, 0.25) is 0 Å². The zero-order valence-corrected chi connectivity index (χ0v) is 12.0. The van der Waals surface area contributed by atoms with Crippen molar-refractivity contribution in [1.82, 2.24) is 0 Å². The number of para-hydroxylation sites is 1. The molecule has 0 aliphatic rings. The highest BCUT2D eigenvalue weighted by Gasteiger charge is 2.14. The van der Waals surface area contributed by atoms with Crippen LogP contribution in [0.5, 0.6) is 11.5 Å². The highest BCUT2D eigenvalue weighted by Crippen LogP contribution is 2.34. The van der Waals surface area contributed by atoms with Gasteiger partial charge in [-0.3, -0.25) is 0 Å². The number of ether oxygens (including phenoxy) is 1. The minimum Gasteiger partial charge on any atom is -0.453 e. The van der Waals surface area contributed by atoms with Crippen molar-refractivity contribution in [1.29, 1.82) is 0 Å². The molecule has 0 fully saturated rings. The molecular weight excluding hydrogens is 263 g/mol. The van der Waals surface area contributed by atoms with Crippen LogP contribution in [-0.2, 0) is 5.88 Å². The molecule has 1 nitrogen and oxygen atoms in total. The van der Waals surface area contributed by atoms with Crippen molar-refractivity contribution < 1.29 is 9.13 Å². The van der Waals surface area contributed by atoms with Crippen molar-refractivity contribution in [3.8, 4) is 11.5 Å². The SMILES string of the molecule is Cc1ccc(C)c(Oc2c(F)cccc2CCl)c1C. The first-order valence-electron chi connectivity index (χ1n) is 6.12. The van der Waals surface area contributed by atoms with Gasteiger partial charge in [0.1, 0.15) is 5.75 Å². The Balaban J connectivity index is 2.50. The molecular formula is C16H16ClFO. The maximum Gasteiger partial charge on any atom is 0.167 e. The minimum atomic E-state index is -0.390. The van der Waals surface area contributed by atoms with Gasteiger partial charge in [-0.25, -0.2) is 4.39 Å². The summed E-state index contributed by atoms with van der Waals surface area (Å²) in [6.45, 7) is 5.92. The van der Waals surface area contributed by atoms with E-state index in [9.17, 15) is 4.39 Å². The highest BCUT2D eigenvalue weighted by atomic mass is 35.5. The summed E-state index contributed by atoms with van der Waals surface area (Å²) in [5.41, 5.74) is 3.77. The minimum absolute atomic E-state index is 0.217. The molecule has 2 aromatic rings. The topological polar surface area (TPSA) is 9.23 Å². The van der Waals surface area contributed by atoms with E-state index in [0.29, 0.717) is 11.3 Å². The van der Waals surface area contributed by atoms with Gasteiger partial charge in [0.05, 0.1) is 5.88 Å². The summed E-state index contributed by atoms with van der Waals surface area (Å²) < 4.78 is 19.7. The molecule has 3 heteroatoms. The maximum absolute atomic E-state index is 13.9. The molecule has 0 spiro atoms. The standard InChI is InChI=1S/C16H16ClFO/c1-10-7-8-11(2)15(12(10)3)19-16-13(9-17)5-4-6-14(16)18/h4-8H,9H2,1-3H3. The van der Waals surface area contributed by atoms with Crippen LogP contribution in [0.1, 0.15) is 22.3 Å². The summed E-state index contributed by atoms with van der Waals surface area (Å²) in [7, 11) is 0. The molecule has 0 aromatic heterocycles. The lowest BCUT2D eigenvalue weighted by Crippen LogP contribution is -1.98. The van der Waals surface area contributed by atoms with Crippen LogP contribution in [0.3, 0.4) is 0 Å². The molecule has 0 N–H and O–H groups in total. The summed E-state index contributed by atoms with van der Waals surface area (Å²) in [6.07, 6.45) is 0. The number of aryl methyl sites for hydroxylation is 2. The van der Waals surface area contributed by atoms with Gasteiger partial charge in [0, 0.05) is 5.56 Å². The molecule has 0 bridgehead atoms. The van der Waals surface area contributed by atoms with Crippen LogP contribution in [0.4, 0.5) is 4.39 Å². The molecule has 0 aliphatic carbocycles. The molecule has 2 aromatic carbocycles. The van der Waals surface area contributed by atoms with E-state index in [1.165, 1.54) is 6.07 Å². The second-order valence-corrected chi connectivity index (χ2v) is 4.88. The van der Waals surface area contributed by atoms with E-state index >= 15 is 0 Å². The van der Waals surface area contributed by atoms with Gasteiger partial charge in [-0.15, -0.1) is 11.6 Å². The molecule has 0 atom stereocenters. The van der Waals surface area contributed by atoms with Crippen LogP contribution in [0.25, 0.3) is 0 Å². The zero-order valence-electron chi connectivity index (χ0n) is 11.3. The maximum atomic E-state index is 13.9. The lowest BCUT2D eigenvalue weighted by atomic mass is 10.1. The van der Waals surface area contributed by atoms with Crippen LogP contribution >= 0.6 is 11.6 Å². The summed E-state index contributed by atoms with van der Waals surface area (Å²) in [4.78, 5) is 0. The van der Waals surface area contributed by atoms with Crippen molar-refractivity contribution in [2.45, 2.75) is 26.7 Å². The van der Waals surface area contributed by atoms with E-state index in [1.807, 2.05) is 32.9 Å². The smallest absolute Gasteiger partial charge is 0.167 e. The first-order valence-corrected chi connectivity index (χ1v) is 6.66. The second kappa shape index (κ2) is 5.62. The highest BCUT2D eigenvalue weighted by molar-refractivity contribution is 6.17. The monoisotopic (exact) mass is 278 g/mol. The third kappa shape index (κ3) is 2.74. The average Bonchev–Trinajstić information content (AvgIpc) is 2.40. The average molecular weight is 279 g/mol. The van der Waals surface area contributed by atoms with Crippen molar-refractivity contribution >= 4 is 11.6 Å². The van der Waals surface area contributed by atoms with Crippen LogP contribution in [0.15, 0.2) is 30.3 Å². The van der Waals surface area contributed by atoms with E-state index < -0.39 is 5.82 Å². The van der Waals surface area contributed by atoms with Gasteiger partial charge in [-0.05, 0) is 43.5 Å². The van der Waals surface area contributed by atoms with Crippen molar-refractivity contribution in [3.63, 3.8) is 0 Å². The Kier molecular flexibility index (Phi) is 4.11. The fourth-order valence-corrected chi connectivity index (χ4v) is 2.17. The lowest BCUT2D eigenvalue weighted by Gasteiger charge is -2.16. The third-order valence-corrected chi connectivity index (χ3v) is 3.56. The van der Waals surface area contributed by atoms with Gasteiger partial charge < -0.3 is 4.74 Å².